The van der Waals surface area contributed by atoms with Gasteiger partial charge in [0.05, 0.1) is 6.04 Å². The van der Waals surface area contributed by atoms with E-state index >= 15 is 0 Å². The smallest absolute Gasteiger partial charge is 0.416 e. The third-order valence-corrected chi connectivity index (χ3v) is 4.62. The summed E-state index contributed by atoms with van der Waals surface area (Å²) in [4.78, 5) is 33.2. The fraction of sp³-hybridized carbons (Fsp3) is 0.696. The van der Waals surface area contributed by atoms with Gasteiger partial charge in [-0.25, -0.2) is 14.6 Å². The van der Waals surface area contributed by atoms with E-state index in [0.29, 0.717) is 18.9 Å². The average molecular weight is 420 g/mol. The molecule has 30 heavy (non-hydrogen) atoms. The summed E-state index contributed by atoms with van der Waals surface area (Å²) in [7, 11) is 0. The number of piperidine rings is 1. The van der Waals surface area contributed by atoms with Crippen molar-refractivity contribution in [2.24, 2.45) is 0 Å². The van der Waals surface area contributed by atoms with Crippen LogP contribution in [0.15, 0.2) is 18.3 Å². The standard InChI is InChI=1S/C23H37N3O4/c1-8-14-26(21(28)30-23(5,6)7)19-13-12-17(16-24-19)18-11-9-10-15-25(18)20(27)29-22(2,3)4/h12-13,16,18H,8-11,14-15H2,1-7H3. The minimum Gasteiger partial charge on any atom is -0.444 e. The molecule has 0 bridgehead atoms. The van der Waals surface area contributed by atoms with Crippen LogP contribution in [0.2, 0.25) is 0 Å². The Balaban J connectivity index is 2.20. The van der Waals surface area contributed by atoms with E-state index in [1.54, 1.807) is 16.0 Å². The average Bonchev–Trinajstić information content (AvgIpc) is 2.63. The molecule has 7 heteroatoms. The van der Waals surface area contributed by atoms with Gasteiger partial charge in [0.1, 0.15) is 17.0 Å². The van der Waals surface area contributed by atoms with Crippen LogP contribution in [0, 0.1) is 0 Å². The lowest BCUT2D eigenvalue weighted by molar-refractivity contribution is 0.00947. The number of carbonyl (C=O) groups excluding carboxylic acids is 2. The molecule has 0 aromatic carbocycles. The highest BCUT2D eigenvalue weighted by molar-refractivity contribution is 5.86. The monoisotopic (exact) mass is 419 g/mol. The van der Waals surface area contributed by atoms with E-state index < -0.39 is 17.3 Å². The quantitative estimate of drug-likeness (QED) is 0.626. The molecule has 1 saturated heterocycles. The number of ether oxygens (including phenoxy) is 2. The van der Waals surface area contributed by atoms with Crippen LogP contribution in [-0.4, -0.2) is 46.4 Å². The van der Waals surface area contributed by atoms with Crippen molar-refractivity contribution in [2.45, 2.75) is 91.4 Å². The topological polar surface area (TPSA) is 72.0 Å². The fourth-order valence-electron chi connectivity index (χ4n) is 3.41. The maximum absolute atomic E-state index is 12.7. The van der Waals surface area contributed by atoms with Gasteiger partial charge in [-0.15, -0.1) is 0 Å². The molecule has 1 aliphatic heterocycles. The van der Waals surface area contributed by atoms with Crippen LogP contribution in [0.4, 0.5) is 15.4 Å². The molecule has 1 aliphatic rings. The number of carbonyl (C=O) groups is 2. The Morgan fingerprint density at radius 3 is 2.30 bits per heavy atom. The van der Waals surface area contributed by atoms with Gasteiger partial charge >= 0.3 is 12.2 Å². The third-order valence-electron chi connectivity index (χ3n) is 4.62. The molecule has 1 fully saturated rings. The summed E-state index contributed by atoms with van der Waals surface area (Å²) in [6.45, 7) is 14.4. The Morgan fingerprint density at radius 1 is 1.10 bits per heavy atom. The van der Waals surface area contributed by atoms with Crippen molar-refractivity contribution in [3.05, 3.63) is 23.9 Å². The van der Waals surface area contributed by atoms with Gasteiger partial charge in [0.2, 0.25) is 0 Å². The Morgan fingerprint density at radius 2 is 1.77 bits per heavy atom. The molecular formula is C23H37N3O4. The first-order valence-corrected chi connectivity index (χ1v) is 10.9. The zero-order valence-electron chi connectivity index (χ0n) is 19.5. The molecule has 168 valence electrons. The molecule has 0 spiro atoms. The van der Waals surface area contributed by atoms with Crippen molar-refractivity contribution in [2.75, 3.05) is 18.0 Å². The molecule has 0 radical (unpaired) electrons. The van der Waals surface area contributed by atoms with Crippen molar-refractivity contribution in [3.63, 3.8) is 0 Å². The highest BCUT2D eigenvalue weighted by atomic mass is 16.6. The van der Waals surface area contributed by atoms with Gasteiger partial charge in [0, 0.05) is 19.3 Å². The number of aromatic nitrogens is 1. The molecule has 1 aromatic heterocycles. The molecule has 1 aromatic rings. The molecule has 2 amide bonds. The summed E-state index contributed by atoms with van der Waals surface area (Å²) < 4.78 is 11.1. The molecule has 0 N–H and O–H groups in total. The molecule has 1 atom stereocenters. The maximum Gasteiger partial charge on any atom is 0.416 e. The molecule has 0 saturated carbocycles. The Hall–Kier alpha value is -2.31. The van der Waals surface area contributed by atoms with E-state index in [4.69, 9.17) is 9.47 Å². The van der Waals surface area contributed by atoms with Gasteiger partial charge in [0.15, 0.2) is 0 Å². The van der Waals surface area contributed by atoms with Crippen LogP contribution in [0.3, 0.4) is 0 Å². The van der Waals surface area contributed by atoms with Crippen LogP contribution in [-0.2, 0) is 9.47 Å². The molecular weight excluding hydrogens is 382 g/mol. The number of pyridine rings is 1. The van der Waals surface area contributed by atoms with E-state index in [-0.39, 0.29) is 12.1 Å². The minimum atomic E-state index is -0.570. The second-order valence-corrected chi connectivity index (χ2v) is 9.77. The Bertz CT molecular complexity index is 719. The van der Waals surface area contributed by atoms with Gasteiger partial charge in [-0.05, 0) is 78.9 Å². The highest BCUT2D eigenvalue weighted by Gasteiger charge is 2.32. The summed E-state index contributed by atoms with van der Waals surface area (Å²) in [5.41, 5.74) is -0.154. The first-order valence-electron chi connectivity index (χ1n) is 10.9. The van der Waals surface area contributed by atoms with E-state index in [0.717, 1.165) is 31.2 Å². The molecule has 2 rings (SSSR count). The van der Waals surface area contributed by atoms with Crippen molar-refractivity contribution in [1.29, 1.82) is 0 Å². The van der Waals surface area contributed by atoms with E-state index in [1.807, 2.05) is 60.6 Å². The van der Waals surface area contributed by atoms with E-state index in [9.17, 15) is 9.59 Å². The van der Waals surface area contributed by atoms with E-state index in [2.05, 4.69) is 4.98 Å². The number of amides is 2. The lowest BCUT2D eigenvalue weighted by Gasteiger charge is -2.37. The van der Waals surface area contributed by atoms with E-state index in [1.165, 1.54) is 0 Å². The summed E-state index contributed by atoms with van der Waals surface area (Å²) in [6, 6.07) is 3.70. The lowest BCUT2D eigenvalue weighted by Crippen LogP contribution is -2.42. The van der Waals surface area contributed by atoms with Gasteiger partial charge in [-0.2, -0.15) is 0 Å². The summed E-state index contributed by atoms with van der Waals surface area (Å²) in [5.74, 6) is 0.550. The van der Waals surface area contributed by atoms with Crippen LogP contribution in [0.25, 0.3) is 0 Å². The SMILES string of the molecule is CCCN(C(=O)OC(C)(C)C)c1ccc(C2CCCCN2C(=O)OC(C)(C)C)cn1. The molecule has 0 aliphatic carbocycles. The normalized spacial score (nSPS) is 17.4. The van der Waals surface area contributed by atoms with Gasteiger partial charge in [-0.1, -0.05) is 13.0 Å². The summed E-state index contributed by atoms with van der Waals surface area (Å²) >= 11 is 0. The zero-order chi connectivity index (χ0) is 22.5. The van der Waals surface area contributed by atoms with Crippen molar-refractivity contribution in [3.8, 4) is 0 Å². The summed E-state index contributed by atoms with van der Waals surface area (Å²) in [5, 5.41) is 0. The second kappa shape index (κ2) is 9.67. The van der Waals surface area contributed by atoms with Crippen LogP contribution >= 0.6 is 0 Å². The predicted molar refractivity (Wildman–Crippen MR) is 118 cm³/mol. The maximum atomic E-state index is 12.7. The number of likely N-dealkylation sites (tertiary alicyclic amines) is 1. The molecule has 1 unspecified atom stereocenters. The lowest BCUT2D eigenvalue weighted by atomic mass is 9.97. The second-order valence-electron chi connectivity index (χ2n) is 9.77. The highest BCUT2D eigenvalue weighted by Crippen LogP contribution is 2.32. The largest absolute Gasteiger partial charge is 0.444 e. The molecule has 2 heterocycles. The fourth-order valence-corrected chi connectivity index (χ4v) is 3.41. The number of hydrogen-bond acceptors (Lipinski definition) is 5. The number of hydrogen-bond donors (Lipinski definition) is 0. The van der Waals surface area contributed by atoms with Crippen LogP contribution < -0.4 is 4.90 Å². The van der Waals surface area contributed by atoms with Crippen LogP contribution in [0.5, 0.6) is 0 Å². The first kappa shape index (κ1) is 24.0. The predicted octanol–water partition coefficient (Wildman–Crippen LogP) is 5.70. The minimum absolute atomic E-state index is 0.0729. The first-order chi connectivity index (χ1) is 13.9. The Labute approximate surface area is 180 Å². The zero-order valence-corrected chi connectivity index (χ0v) is 19.5. The van der Waals surface area contributed by atoms with Crippen molar-refractivity contribution in [1.82, 2.24) is 9.88 Å². The number of nitrogens with zero attached hydrogens (tertiary/aromatic N) is 3. The number of rotatable bonds is 4. The summed E-state index contributed by atoms with van der Waals surface area (Å²) in [6.07, 6.45) is 4.73. The van der Waals surface area contributed by atoms with Crippen LogP contribution in [0.1, 0.15) is 85.8 Å². The van der Waals surface area contributed by atoms with Gasteiger partial charge in [-0.3, -0.25) is 4.90 Å². The number of anilines is 1. The van der Waals surface area contributed by atoms with Gasteiger partial charge in [0.25, 0.3) is 0 Å². The Kier molecular flexibility index (Phi) is 7.72. The molecule has 7 nitrogen and oxygen atoms in total. The van der Waals surface area contributed by atoms with Gasteiger partial charge < -0.3 is 14.4 Å². The van der Waals surface area contributed by atoms with Crippen molar-refractivity contribution < 1.29 is 19.1 Å². The van der Waals surface area contributed by atoms with Crippen molar-refractivity contribution >= 4 is 18.0 Å². The third kappa shape index (κ3) is 6.89.